The van der Waals surface area contributed by atoms with E-state index < -0.39 is 6.09 Å². The zero-order chi connectivity index (χ0) is 10.0. The molecule has 70 valence electrons. The van der Waals surface area contributed by atoms with E-state index in [1.807, 2.05) is 5.32 Å². The number of benzene rings is 1. The van der Waals surface area contributed by atoms with E-state index in [1.165, 1.54) is 29.3 Å². The van der Waals surface area contributed by atoms with Gasteiger partial charge < -0.3 is 10.4 Å². The van der Waals surface area contributed by atoms with Gasteiger partial charge >= 0.3 is 6.09 Å². The van der Waals surface area contributed by atoms with E-state index in [0.29, 0.717) is 0 Å². The molecule has 0 spiro atoms. The van der Waals surface area contributed by atoms with Gasteiger partial charge in [0, 0.05) is 7.05 Å². The summed E-state index contributed by atoms with van der Waals surface area (Å²) >= 11 is 0. The topological polar surface area (TPSA) is 49.3 Å². The lowest BCUT2D eigenvalue weighted by molar-refractivity contribution is 0.197. The summed E-state index contributed by atoms with van der Waals surface area (Å²) in [6, 6.07) is 4.47. The molecule has 0 heterocycles. The minimum absolute atomic E-state index is 0.995. The van der Waals surface area contributed by atoms with Crippen molar-refractivity contribution in [1.29, 1.82) is 0 Å². The van der Waals surface area contributed by atoms with Crippen LogP contribution in [-0.4, -0.2) is 18.2 Å². The molecule has 0 saturated carbocycles. The molecule has 1 amide bonds. The Morgan fingerprint density at radius 2 is 1.92 bits per heavy atom. The maximum Gasteiger partial charge on any atom is 0.404 e. The minimum atomic E-state index is -0.995. The van der Waals surface area contributed by atoms with Crippen molar-refractivity contribution in [3.05, 3.63) is 23.3 Å². The molecule has 0 saturated heterocycles. The van der Waals surface area contributed by atoms with Gasteiger partial charge in [-0.25, -0.2) is 4.79 Å². The van der Waals surface area contributed by atoms with Crippen LogP contribution < -0.4 is 5.32 Å². The number of hydrogen-bond donors (Lipinski definition) is 2. The van der Waals surface area contributed by atoms with Crippen LogP contribution in [0, 0.1) is 13.8 Å². The second-order valence-corrected chi connectivity index (χ2v) is 3.02. The maximum absolute atomic E-state index is 9.26. The van der Waals surface area contributed by atoms with E-state index in [9.17, 15) is 4.79 Å². The average molecular weight is 179 g/mol. The smallest absolute Gasteiger partial charge is 0.404 e. The highest BCUT2D eigenvalue weighted by atomic mass is 16.4. The molecule has 0 atom stereocenters. The molecule has 0 aromatic rings. The largest absolute Gasteiger partial charge is 0.465 e. The van der Waals surface area contributed by atoms with Crippen molar-refractivity contribution in [2.75, 3.05) is 7.05 Å². The number of amides is 1. The third kappa shape index (κ3) is 2.21. The average Bonchev–Trinajstić information content (AvgIpc) is 2.78. The Morgan fingerprint density at radius 1 is 1.38 bits per heavy atom. The molecule has 0 aromatic heterocycles. The van der Waals surface area contributed by atoms with Crippen LogP contribution in [0.3, 0.4) is 0 Å². The molecule has 2 aliphatic rings. The summed E-state index contributed by atoms with van der Waals surface area (Å²) in [5.74, 6) is 0. The van der Waals surface area contributed by atoms with Gasteiger partial charge in [0.2, 0.25) is 0 Å². The molecule has 0 unspecified atom stereocenters. The van der Waals surface area contributed by atoms with Gasteiger partial charge in [-0.15, -0.1) is 0 Å². The number of fused-ring (bicyclic) bond motifs is 1. The zero-order valence-electron chi connectivity index (χ0n) is 8.01. The number of carboxylic acid groups (broad SMARTS) is 1. The van der Waals surface area contributed by atoms with Gasteiger partial charge in [-0.3, -0.25) is 0 Å². The van der Waals surface area contributed by atoms with Crippen molar-refractivity contribution < 1.29 is 9.90 Å². The molecule has 3 heteroatoms. The lowest BCUT2D eigenvalue weighted by Gasteiger charge is -1.83. The van der Waals surface area contributed by atoms with Crippen molar-refractivity contribution in [1.82, 2.24) is 5.32 Å². The fourth-order valence-corrected chi connectivity index (χ4v) is 1.12. The number of carbonyl (C=O) groups is 1. The van der Waals surface area contributed by atoms with Crippen LogP contribution in [0.5, 0.6) is 0 Å². The van der Waals surface area contributed by atoms with E-state index in [2.05, 4.69) is 26.0 Å². The van der Waals surface area contributed by atoms with Gasteiger partial charge in [0.05, 0.1) is 0 Å². The third-order valence-corrected chi connectivity index (χ3v) is 2.11. The van der Waals surface area contributed by atoms with Crippen LogP contribution in [0.2, 0.25) is 0 Å². The minimum Gasteiger partial charge on any atom is -0.465 e. The Hall–Kier alpha value is -1.51. The Morgan fingerprint density at radius 3 is 2.08 bits per heavy atom. The van der Waals surface area contributed by atoms with Gasteiger partial charge in [0.15, 0.2) is 0 Å². The molecule has 0 aliphatic heterocycles. The first kappa shape index (κ1) is 9.58. The molecule has 2 rings (SSSR count). The first-order chi connectivity index (χ1) is 6.06. The first-order valence-corrected chi connectivity index (χ1v) is 4.08. The fourth-order valence-electron chi connectivity index (χ4n) is 1.12. The Kier molecular flexibility index (Phi) is 2.56. The molecular formula is C10H13NO2. The van der Waals surface area contributed by atoms with Gasteiger partial charge in [-0.1, -0.05) is 6.07 Å². The zero-order valence-corrected chi connectivity index (χ0v) is 8.01. The fraction of sp³-hybridized carbons (Fsp3) is 0.300. The van der Waals surface area contributed by atoms with E-state index in [4.69, 9.17) is 5.11 Å². The predicted octanol–water partition coefficient (Wildman–Crippen LogP) is 2.17. The second-order valence-electron chi connectivity index (χ2n) is 3.02. The standard InChI is InChI=1S/C8H8.C2H5NO2/c1-5-3-7-4-8(7)6(5)2;1-3-2(4)5/h3-4H,1-2H3;3H,1H3,(H,4,5). The van der Waals surface area contributed by atoms with Gasteiger partial charge in [-0.05, 0) is 42.2 Å². The number of hydrogen-bond acceptors (Lipinski definition) is 1. The van der Waals surface area contributed by atoms with Crippen molar-refractivity contribution in [3.8, 4) is 11.1 Å². The molecule has 13 heavy (non-hydrogen) atoms. The van der Waals surface area contributed by atoms with Crippen molar-refractivity contribution >= 4 is 6.09 Å². The molecule has 0 radical (unpaired) electrons. The van der Waals surface area contributed by atoms with Crippen LogP contribution in [-0.2, 0) is 0 Å². The van der Waals surface area contributed by atoms with Crippen LogP contribution >= 0.6 is 0 Å². The van der Waals surface area contributed by atoms with Crippen LogP contribution in [0.4, 0.5) is 4.79 Å². The number of nitrogens with one attached hydrogen (secondary N) is 1. The Bertz CT molecular complexity index is 345. The SMILES string of the molecule is CNC(=O)O.Cc1cc2cc-2c1C. The summed E-state index contributed by atoms with van der Waals surface area (Å²) in [6.07, 6.45) is -0.995. The summed E-state index contributed by atoms with van der Waals surface area (Å²) in [6.45, 7) is 4.34. The van der Waals surface area contributed by atoms with E-state index in [0.717, 1.165) is 0 Å². The van der Waals surface area contributed by atoms with Crippen LogP contribution in [0.25, 0.3) is 11.1 Å². The van der Waals surface area contributed by atoms with Crippen LogP contribution in [0.1, 0.15) is 11.1 Å². The van der Waals surface area contributed by atoms with Gasteiger partial charge in [-0.2, -0.15) is 0 Å². The maximum atomic E-state index is 9.26. The molecule has 0 aromatic carbocycles. The third-order valence-electron chi connectivity index (χ3n) is 2.11. The summed E-state index contributed by atoms with van der Waals surface area (Å²) in [4.78, 5) is 9.26. The normalized spacial score (nSPS) is 9.77. The number of aryl methyl sites for hydroxylation is 1. The van der Waals surface area contributed by atoms with E-state index >= 15 is 0 Å². The molecule has 3 nitrogen and oxygen atoms in total. The quantitative estimate of drug-likeness (QED) is 0.651. The Labute approximate surface area is 77.4 Å². The van der Waals surface area contributed by atoms with E-state index in [-0.39, 0.29) is 0 Å². The summed E-state index contributed by atoms with van der Waals surface area (Å²) in [5, 5.41) is 9.56. The monoisotopic (exact) mass is 179 g/mol. The molecule has 2 aliphatic carbocycles. The van der Waals surface area contributed by atoms with Crippen LogP contribution in [0.15, 0.2) is 12.1 Å². The predicted molar refractivity (Wildman–Crippen MR) is 52.0 cm³/mol. The summed E-state index contributed by atoms with van der Waals surface area (Å²) in [5.41, 5.74) is 5.86. The highest BCUT2D eigenvalue weighted by molar-refractivity contribution is 5.86. The summed E-state index contributed by atoms with van der Waals surface area (Å²) < 4.78 is 0. The molecule has 2 N–H and O–H groups in total. The molecule has 0 fully saturated rings. The van der Waals surface area contributed by atoms with Crippen molar-refractivity contribution in [2.45, 2.75) is 13.8 Å². The molecular weight excluding hydrogens is 166 g/mol. The highest BCUT2D eigenvalue weighted by Crippen LogP contribution is 2.40. The van der Waals surface area contributed by atoms with Gasteiger partial charge in [0.1, 0.15) is 0 Å². The second kappa shape index (κ2) is 3.47. The van der Waals surface area contributed by atoms with Gasteiger partial charge in [0.25, 0.3) is 0 Å². The summed E-state index contributed by atoms with van der Waals surface area (Å²) in [7, 11) is 1.35. The van der Waals surface area contributed by atoms with Crippen molar-refractivity contribution in [2.24, 2.45) is 0 Å². The molecule has 0 bridgehead atoms. The lowest BCUT2D eigenvalue weighted by Crippen LogP contribution is -2.13. The van der Waals surface area contributed by atoms with E-state index in [1.54, 1.807) is 0 Å². The lowest BCUT2D eigenvalue weighted by atomic mass is 10.2. The Balaban J connectivity index is 0.000000149. The van der Waals surface area contributed by atoms with Crippen molar-refractivity contribution in [3.63, 3.8) is 0 Å². The first-order valence-electron chi connectivity index (χ1n) is 4.08. The number of rotatable bonds is 0. The highest BCUT2D eigenvalue weighted by Gasteiger charge is 2.16.